The molecule has 0 radical (unpaired) electrons. The predicted molar refractivity (Wildman–Crippen MR) is 96.8 cm³/mol. The van der Waals surface area contributed by atoms with Gasteiger partial charge in [-0.25, -0.2) is 4.98 Å². The number of aryl methyl sites for hydroxylation is 1. The predicted octanol–water partition coefficient (Wildman–Crippen LogP) is 2.32. The number of rotatable bonds is 5. The molecule has 2 aromatic rings. The molecule has 5 heteroatoms. The Hall–Kier alpha value is -2.56. The summed E-state index contributed by atoms with van der Waals surface area (Å²) in [7, 11) is 5.75. The molecule has 0 bridgehead atoms. The van der Waals surface area contributed by atoms with E-state index in [1.165, 1.54) is 11.1 Å². The van der Waals surface area contributed by atoms with E-state index >= 15 is 0 Å². The summed E-state index contributed by atoms with van der Waals surface area (Å²) in [5, 5.41) is 6.63. The third kappa shape index (κ3) is 4.98. The van der Waals surface area contributed by atoms with Crippen LogP contribution in [0.15, 0.2) is 47.5 Å². The maximum atomic E-state index is 4.59. The summed E-state index contributed by atoms with van der Waals surface area (Å²) < 4.78 is 0. The van der Waals surface area contributed by atoms with Gasteiger partial charge in [-0.05, 0) is 30.2 Å². The van der Waals surface area contributed by atoms with Crippen molar-refractivity contribution in [1.29, 1.82) is 0 Å². The van der Waals surface area contributed by atoms with E-state index in [-0.39, 0.29) is 0 Å². The lowest BCUT2D eigenvalue weighted by molar-refractivity contribution is 0.791. The standard InChI is InChI=1S/C18H25N5/c1-14-8-5-6-9-15(14)12-20-18(19-2)21-13-16-10-7-11-17(22-16)23(3)4/h5-11H,12-13H2,1-4H3,(H2,19,20,21). The summed E-state index contributed by atoms with van der Waals surface area (Å²) in [4.78, 5) is 10.8. The fraction of sp³-hybridized carbons (Fsp3) is 0.333. The topological polar surface area (TPSA) is 52.6 Å². The number of hydrogen-bond donors (Lipinski definition) is 2. The van der Waals surface area contributed by atoms with Gasteiger partial charge in [0.25, 0.3) is 0 Å². The molecule has 0 amide bonds. The summed E-state index contributed by atoms with van der Waals surface area (Å²) in [5.74, 6) is 1.72. The Morgan fingerprint density at radius 2 is 1.78 bits per heavy atom. The summed E-state index contributed by atoms with van der Waals surface area (Å²) in [5.41, 5.74) is 3.52. The molecular formula is C18H25N5. The van der Waals surface area contributed by atoms with E-state index in [1.807, 2.05) is 37.2 Å². The van der Waals surface area contributed by atoms with Crippen molar-refractivity contribution < 1.29 is 0 Å². The Balaban J connectivity index is 1.91. The Morgan fingerprint density at radius 3 is 2.48 bits per heavy atom. The molecule has 0 unspecified atom stereocenters. The van der Waals surface area contributed by atoms with E-state index in [0.29, 0.717) is 6.54 Å². The highest BCUT2D eigenvalue weighted by Crippen LogP contribution is 2.08. The molecular weight excluding hydrogens is 286 g/mol. The second kappa shape index (κ2) is 8.17. The number of pyridine rings is 1. The summed E-state index contributed by atoms with van der Waals surface area (Å²) in [6, 6.07) is 14.4. The van der Waals surface area contributed by atoms with Crippen LogP contribution < -0.4 is 15.5 Å². The average molecular weight is 311 g/mol. The molecule has 0 saturated heterocycles. The van der Waals surface area contributed by atoms with Crippen LogP contribution in [0.5, 0.6) is 0 Å². The van der Waals surface area contributed by atoms with E-state index in [4.69, 9.17) is 0 Å². The van der Waals surface area contributed by atoms with Crippen LogP contribution in [-0.4, -0.2) is 32.1 Å². The zero-order chi connectivity index (χ0) is 16.7. The Bertz CT molecular complexity index is 664. The van der Waals surface area contributed by atoms with Gasteiger partial charge in [-0.1, -0.05) is 30.3 Å². The molecule has 0 atom stereocenters. The summed E-state index contributed by atoms with van der Waals surface area (Å²) in [6.07, 6.45) is 0. The molecule has 0 fully saturated rings. The van der Waals surface area contributed by atoms with Crippen LogP contribution in [0.1, 0.15) is 16.8 Å². The van der Waals surface area contributed by atoms with Gasteiger partial charge in [0.15, 0.2) is 5.96 Å². The quantitative estimate of drug-likeness (QED) is 0.657. The Morgan fingerprint density at radius 1 is 1.04 bits per heavy atom. The summed E-state index contributed by atoms with van der Waals surface area (Å²) >= 11 is 0. The molecule has 0 spiro atoms. The van der Waals surface area contributed by atoms with Gasteiger partial charge in [0, 0.05) is 27.7 Å². The lowest BCUT2D eigenvalue weighted by atomic mass is 10.1. The molecule has 0 aliphatic heterocycles. The molecule has 122 valence electrons. The number of hydrogen-bond acceptors (Lipinski definition) is 3. The monoisotopic (exact) mass is 311 g/mol. The van der Waals surface area contributed by atoms with E-state index in [2.05, 4.69) is 51.8 Å². The second-order valence-electron chi connectivity index (χ2n) is 5.59. The minimum atomic E-state index is 0.634. The zero-order valence-corrected chi connectivity index (χ0v) is 14.3. The number of aliphatic imine (C=N–C) groups is 1. The van der Waals surface area contributed by atoms with Gasteiger partial charge < -0.3 is 15.5 Å². The zero-order valence-electron chi connectivity index (χ0n) is 14.3. The van der Waals surface area contributed by atoms with Crippen LogP contribution in [0.25, 0.3) is 0 Å². The van der Waals surface area contributed by atoms with Crippen molar-refractivity contribution in [2.24, 2.45) is 4.99 Å². The van der Waals surface area contributed by atoms with Crippen LogP contribution in [0, 0.1) is 6.92 Å². The molecule has 1 aromatic carbocycles. The lowest BCUT2D eigenvalue weighted by Crippen LogP contribution is -2.36. The number of aromatic nitrogens is 1. The average Bonchev–Trinajstić information content (AvgIpc) is 2.56. The SMILES string of the molecule is CN=C(NCc1cccc(N(C)C)n1)NCc1ccccc1C. The maximum Gasteiger partial charge on any atom is 0.191 e. The van der Waals surface area contributed by atoms with Crippen molar-refractivity contribution in [1.82, 2.24) is 15.6 Å². The highest BCUT2D eigenvalue weighted by molar-refractivity contribution is 5.79. The molecule has 1 heterocycles. The Kier molecular flexibility index (Phi) is 5.97. The van der Waals surface area contributed by atoms with Crippen molar-refractivity contribution in [3.63, 3.8) is 0 Å². The number of guanidine groups is 1. The fourth-order valence-electron chi connectivity index (χ4n) is 2.20. The van der Waals surface area contributed by atoms with Crippen molar-refractivity contribution >= 4 is 11.8 Å². The van der Waals surface area contributed by atoms with Gasteiger partial charge in [0.1, 0.15) is 5.82 Å². The number of nitrogens with one attached hydrogen (secondary N) is 2. The minimum absolute atomic E-state index is 0.634. The molecule has 23 heavy (non-hydrogen) atoms. The highest BCUT2D eigenvalue weighted by Gasteiger charge is 2.03. The third-order valence-corrected chi connectivity index (χ3v) is 3.62. The minimum Gasteiger partial charge on any atom is -0.363 e. The van der Waals surface area contributed by atoms with Crippen LogP contribution in [0.3, 0.4) is 0 Å². The first-order chi connectivity index (χ1) is 11.1. The molecule has 0 saturated carbocycles. The van der Waals surface area contributed by atoms with Gasteiger partial charge in [-0.2, -0.15) is 0 Å². The molecule has 2 rings (SSSR count). The van der Waals surface area contributed by atoms with Crippen molar-refractivity contribution in [2.45, 2.75) is 20.0 Å². The van der Waals surface area contributed by atoms with Crippen molar-refractivity contribution in [2.75, 3.05) is 26.0 Å². The summed E-state index contributed by atoms with van der Waals surface area (Å²) in [6.45, 7) is 3.50. The molecule has 2 N–H and O–H groups in total. The fourth-order valence-corrected chi connectivity index (χ4v) is 2.20. The van der Waals surface area contributed by atoms with E-state index in [1.54, 1.807) is 7.05 Å². The number of benzene rings is 1. The smallest absolute Gasteiger partial charge is 0.191 e. The second-order valence-corrected chi connectivity index (χ2v) is 5.59. The number of anilines is 1. The maximum absolute atomic E-state index is 4.59. The van der Waals surface area contributed by atoms with Crippen molar-refractivity contribution in [3.8, 4) is 0 Å². The third-order valence-electron chi connectivity index (χ3n) is 3.62. The molecule has 0 aliphatic carbocycles. The molecule has 5 nitrogen and oxygen atoms in total. The van der Waals surface area contributed by atoms with Crippen LogP contribution >= 0.6 is 0 Å². The van der Waals surface area contributed by atoms with Gasteiger partial charge in [0.2, 0.25) is 0 Å². The normalized spacial score (nSPS) is 11.2. The highest BCUT2D eigenvalue weighted by atomic mass is 15.2. The first-order valence-electron chi connectivity index (χ1n) is 7.72. The van der Waals surface area contributed by atoms with Gasteiger partial charge in [-0.15, -0.1) is 0 Å². The lowest BCUT2D eigenvalue weighted by Gasteiger charge is -2.15. The van der Waals surface area contributed by atoms with Crippen LogP contribution in [0.2, 0.25) is 0 Å². The molecule has 1 aromatic heterocycles. The first-order valence-corrected chi connectivity index (χ1v) is 7.72. The van der Waals surface area contributed by atoms with Crippen molar-refractivity contribution in [3.05, 3.63) is 59.3 Å². The van der Waals surface area contributed by atoms with E-state index in [0.717, 1.165) is 24.0 Å². The molecule has 0 aliphatic rings. The van der Waals surface area contributed by atoms with E-state index < -0.39 is 0 Å². The van der Waals surface area contributed by atoms with Crippen LogP contribution in [-0.2, 0) is 13.1 Å². The van der Waals surface area contributed by atoms with Gasteiger partial charge in [0.05, 0.1) is 12.2 Å². The van der Waals surface area contributed by atoms with Gasteiger partial charge in [-0.3, -0.25) is 4.99 Å². The largest absolute Gasteiger partial charge is 0.363 e. The first kappa shape index (κ1) is 16.8. The van der Waals surface area contributed by atoms with Gasteiger partial charge >= 0.3 is 0 Å². The Labute approximate surface area is 138 Å². The van der Waals surface area contributed by atoms with E-state index in [9.17, 15) is 0 Å². The number of nitrogens with zero attached hydrogens (tertiary/aromatic N) is 3. The van der Waals surface area contributed by atoms with Crippen LogP contribution in [0.4, 0.5) is 5.82 Å².